The van der Waals surface area contributed by atoms with E-state index in [4.69, 9.17) is 7.85 Å². The van der Waals surface area contributed by atoms with Gasteiger partial charge < -0.3 is 0 Å². The highest BCUT2D eigenvalue weighted by Crippen LogP contribution is 2.44. The van der Waals surface area contributed by atoms with Crippen molar-refractivity contribution in [2.45, 2.75) is 73.5 Å². The topological polar surface area (TPSA) is 0 Å². The largest absolute Gasteiger partial charge is 0.0769 e. The lowest BCUT2D eigenvalue weighted by atomic mass is 9.61. The highest BCUT2D eigenvalue weighted by molar-refractivity contribution is 6.11. The van der Waals surface area contributed by atoms with Gasteiger partial charge in [-0.2, -0.15) is 0 Å². The predicted octanol–water partition coefficient (Wildman–Crippen LogP) is 4.84. The summed E-state index contributed by atoms with van der Waals surface area (Å²) in [6, 6.07) is 0. The third-order valence-corrected chi connectivity index (χ3v) is 3.92. The van der Waals surface area contributed by atoms with E-state index in [0.717, 1.165) is 12.8 Å². The Kier molecular flexibility index (Phi) is 5.43. The summed E-state index contributed by atoms with van der Waals surface area (Å²) in [6.45, 7) is 16.3. The summed E-state index contributed by atoms with van der Waals surface area (Å²) >= 11 is 0. The Hall–Kier alpha value is 0.0649. The van der Waals surface area contributed by atoms with Gasteiger partial charge in [-0.25, -0.2) is 0 Å². The second-order valence-electron chi connectivity index (χ2n) is 6.83. The van der Waals surface area contributed by atoms with Crippen molar-refractivity contribution >= 4 is 7.85 Å². The molecular weight excluding hydrogens is 179 g/mol. The van der Waals surface area contributed by atoms with E-state index in [0.29, 0.717) is 22.6 Å². The first-order chi connectivity index (χ1) is 6.61. The van der Waals surface area contributed by atoms with Gasteiger partial charge in [0.2, 0.25) is 0 Å². The molecule has 2 unspecified atom stereocenters. The molecule has 0 amide bonds. The van der Waals surface area contributed by atoms with Crippen LogP contribution in [0.4, 0.5) is 0 Å². The number of hydrogen-bond donors (Lipinski definition) is 0. The molecular formula is C14H29B. The van der Waals surface area contributed by atoms with Crippen LogP contribution < -0.4 is 0 Å². The molecule has 0 bridgehead atoms. The van der Waals surface area contributed by atoms with Crippen molar-refractivity contribution < 1.29 is 0 Å². The monoisotopic (exact) mass is 208 g/mol. The fourth-order valence-corrected chi connectivity index (χ4v) is 2.50. The predicted molar refractivity (Wildman–Crippen MR) is 71.4 cm³/mol. The Labute approximate surface area is 98.6 Å². The Balaban J connectivity index is 4.40. The van der Waals surface area contributed by atoms with Crippen LogP contribution in [0.2, 0.25) is 5.82 Å². The van der Waals surface area contributed by atoms with Gasteiger partial charge >= 0.3 is 0 Å². The van der Waals surface area contributed by atoms with Gasteiger partial charge in [-0.1, -0.05) is 73.5 Å². The Morgan fingerprint density at radius 1 is 1.07 bits per heavy atom. The molecule has 0 aromatic heterocycles. The van der Waals surface area contributed by atoms with Crippen LogP contribution in [0.25, 0.3) is 0 Å². The van der Waals surface area contributed by atoms with Crippen molar-refractivity contribution in [3.8, 4) is 0 Å². The van der Waals surface area contributed by atoms with E-state index in [2.05, 4.69) is 48.5 Å². The van der Waals surface area contributed by atoms with Crippen LogP contribution in [0.15, 0.2) is 0 Å². The molecule has 0 rings (SSSR count). The van der Waals surface area contributed by atoms with Gasteiger partial charge in [0, 0.05) is 0 Å². The molecule has 1 heteroatoms. The number of hydrogen-bond acceptors (Lipinski definition) is 0. The summed E-state index contributed by atoms with van der Waals surface area (Å²) in [5, 5.41) is 0. The highest BCUT2D eigenvalue weighted by atomic mass is 14.4. The molecule has 2 radical (unpaired) electrons. The molecule has 0 aromatic carbocycles. The lowest BCUT2D eigenvalue weighted by Gasteiger charge is -2.42. The normalized spacial score (nSPS) is 17.5. The van der Waals surface area contributed by atoms with Crippen LogP contribution in [0, 0.1) is 16.7 Å². The molecule has 0 aliphatic heterocycles. The van der Waals surface area contributed by atoms with Gasteiger partial charge in [0.1, 0.15) is 0 Å². The maximum atomic E-state index is 6.15. The van der Waals surface area contributed by atoms with Crippen molar-refractivity contribution in [1.29, 1.82) is 0 Å². The maximum Gasteiger partial charge on any atom is 0.0699 e. The van der Waals surface area contributed by atoms with E-state index in [9.17, 15) is 0 Å². The van der Waals surface area contributed by atoms with Crippen LogP contribution in [0.3, 0.4) is 0 Å². The minimum Gasteiger partial charge on any atom is -0.0769 e. The summed E-state index contributed by atoms with van der Waals surface area (Å²) in [7, 11) is 6.15. The van der Waals surface area contributed by atoms with Gasteiger partial charge in [-0.3, -0.25) is 0 Å². The summed E-state index contributed by atoms with van der Waals surface area (Å²) < 4.78 is 0. The van der Waals surface area contributed by atoms with E-state index in [1.54, 1.807) is 0 Å². The van der Waals surface area contributed by atoms with Crippen LogP contribution >= 0.6 is 0 Å². The fraction of sp³-hybridized carbons (Fsp3) is 1.00. The third kappa shape index (κ3) is 5.09. The van der Waals surface area contributed by atoms with Crippen LogP contribution in [0.1, 0.15) is 67.7 Å². The van der Waals surface area contributed by atoms with Crippen LogP contribution in [0.5, 0.6) is 0 Å². The van der Waals surface area contributed by atoms with E-state index in [1.807, 2.05) is 0 Å². The first kappa shape index (κ1) is 15.1. The maximum absolute atomic E-state index is 6.15. The molecule has 0 aliphatic rings. The van der Waals surface area contributed by atoms with E-state index < -0.39 is 0 Å². The first-order valence-electron chi connectivity index (χ1n) is 6.37. The van der Waals surface area contributed by atoms with Crippen molar-refractivity contribution in [1.82, 2.24) is 0 Å². The lowest BCUT2D eigenvalue weighted by Crippen LogP contribution is -2.33. The standard InChI is InChI=1S/C14H29B/c1-8-9-12(15)10-14(6,7)11(2)13(3,4)5/h11-12H,8-10H2,1-7H3. The molecule has 0 nitrogen and oxygen atoms in total. The van der Waals surface area contributed by atoms with Crippen LogP contribution in [-0.4, -0.2) is 7.85 Å². The summed E-state index contributed by atoms with van der Waals surface area (Å²) in [6.07, 6.45) is 3.49. The second-order valence-corrected chi connectivity index (χ2v) is 6.83. The van der Waals surface area contributed by atoms with Crippen molar-refractivity contribution in [2.75, 3.05) is 0 Å². The lowest BCUT2D eigenvalue weighted by molar-refractivity contribution is 0.0924. The number of rotatable bonds is 5. The minimum atomic E-state index is 0.340. The van der Waals surface area contributed by atoms with E-state index in [1.165, 1.54) is 6.42 Å². The fourth-order valence-electron chi connectivity index (χ4n) is 2.50. The molecule has 0 fully saturated rings. The second kappa shape index (κ2) is 5.41. The van der Waals surface area contributed by atoms with Crippen molar-refractivity contribution in [3.63, 3.8) is 0 Å². The Morgan fingerprint density at radius 2 is 1.53 bits per heavy atom. The first-order valence-corrected chi connectivity index (χ1v) is 6.37. The smallest absolute Gasteiger partial charge is 0.0699 e. The molecule has 0 saturated carbocycles. The SMILES string of the molecule is [B]C(CCC)CC(C)(C)C(C)C(C)(C)C. The molecule has 15 heavy (non-hydrogen) atoms. The average molecular weight is 208 g/mol. The van der Waals surface area contributed by atoms with E-state index >= 15 is 0 Å². The molecule has 0 spiro atoms. The quantitative estimate of drug-likeness (QED) is 0.567. The average Bonchev–Trinajstić information content (AvgIpc) is 2.00. The molecule has 0 N–H and O–H groups in total. The van der Waals surface area contributed by atoms with Crippen molar-refractivity contribution in [2.24, 2.45) is 16.7 Å². The van der Waals surface area contributed by atoms with Gasteiger partial charge in [0.05, 0.1) is 7.85 Å². The Morgan fingerprint density at radius 3 is 1.87 bits per heavy atom. The summed E-state index contributed by atoms with van der Waals surface area (Å²) in [5.74, 6) is 1.06. The van der Waals surface area contributed by atoms with Gasteiger partial charge in [0.25, 0.3) is 0 Å². The van der Waals surface area contributed by atoms with Gasteiger partial charge in [-0.05, 0) is 16.7 Å². The zero-order chi connectivity index (χ0) is 12.3. The minimum absolute atomic E-state index is 0.340. The Bertz CT molecular complexity index is 176. The van der Waals surface area contributed by atoms with E-state index in [-0.39, 0.29) is 0 Å². The molecule has 0 aliphatic carbocycles. The molecule has 88 valence electrons. The van der Waals surface area contributed by atoms with Gasteiger partial charge in [-0.15, -0.1) is 0 Å². The zero-order valence-electron chi connectivity index (χ0n) is 11.9. The van der Waals surface area contributed by atoms with Crippen LogP contribution in [-0.2, 0) is 0 Å². The van der Waals surface area contributed by atoms with Crippen molar-refractivity contribution in [3.05, 3.63) is 0 Å². The summed E-state index contributed by atoms with van der Waals surface area (Å²) in [5.41, 5.74) is 0.711. The molecule has 2 atom stereocenters. The molecule has 0 aromatic rings. The summed E-state index contributed by atoms with van der Waals surface area (Å²) in [4.78, 5) is 0. The highest BCUT2D eigenvalue weighted by Gasteiger charge is 2.34. The van der Waals surface area contributed by atoms with Gasteiger partial charge in [0.15, 0.2) is 0 Å². The molecule has 0 heterocycles. The molecule has 0 saturated heterocycles. The third-order valence-electron chi connectivity index (χ3n) is 3.92. The zero-order valence-corrected chi connectivity index (χ0v) is 11.9.